The van der Waals surface area contributed by atoms with Gasteiger partial charge in [-0.25, -0.2) is 4.79 Å². The summed E-state index contributed by atoms with van der Waals surface area (Å²) < 4.78 is 5.58. The third-order valence-electron chi connectivity index (χ3n) is 4.03. The molecule has 1 aliphatic rings. The zero-order chi connectivity index (χ0) is 16.3. The zero-order valence-electron chi connectivity index (χ0n) is 12.6. The van der Waals surface area contributed by atoms with Crippen molar-refractivity contribution in [3.8, 4) is 11.8 Å². The molecule has 1 N–H and O–H groups in total. The highest BCUT2D eigenvalue weighted by Gasteiger charge is 2.47. The van der Waals surface area contributed by atoms with Crippen LogP contribution in [0.2, 0.25) is 0 Å². The maximum absolute atomic E-state index is 12.5. The number of benzene rings is 1. The highest BCUT2D eigenvalue weighted by atomic mass is 16.5. The molecule has 0 radical (unpaired) electrons. The van der Waals surface area contributed by atoms with E-state index >= 15 is 0 Å². The minimum Gasteiger partial charge on any atom is -0.480 e. The predicted molar refractivity (Wildman–Crippen MR) is 78.2 cm³/mol. The molecular weight excluding hydrogens is 284 g/mol. The summed E-state index contributed by atoms with van der Waals surface area (Å²) in [5.74, 6) is -1.07. The Labute approximate surface area is 128 Å². The van der Waals surface area contributed by atoms with Crippen LogP contribution in [0.3, 0.4) is 0 Å². The van der Waals surface area contributed by atoms with Crippen LogP contribution in [0.1, 0.15) is 32.3 Å². The third kappa shape index (κ3) is 2.75. The first-order valence-electron chi connectivity index (χ1n) is 7.11. The minimum absolute atomic E-state index is 0.321. The van der Waals surface area contributed by atoms with E-state index < -0.39 is 17.6 Å². The first kappa shape index (κ1) is 15.8. The molecule has 0 aromatic heterocycles. The van der Waals surface area contributed by atoms with E-state index in [-0.39, 0.29) is 5.91 Å². The fourth-order valence-corrected chi connectivity index (χ4v) is 2.66. The number of hydrogen-bond donors (Lipinski definition) is 1. The first-order chi connectivity index (χ1) is 10.4. The number of carbonyl (C=O) groups is 2. The van der Waals surface area contributed by atoms with Crippen molar-refractivity contribution in [1.29, 1.82) is 5.26 Å². The second kappa shape index (κ2) is 6.06. The Morgan fingerprint density at radius 3 is 2.77 bits per heavy atom. The average molecular weight is 302 g/mol. The summed E-state index contributed by atoms with van der Waals surface area (Å²) in [7, 11) is 0. The number of carboxylic acid groups (broad SMARTS) is 1. The van der Waals surface area contributed by atoms with E-state index in [1.807, 2.05) is 6.07 Å². The Bertz CT molecular complexity index is 637. The Morgan fingerprint density at radius 2 is 2.14 bits per heavy atom. The molecule has 1 fully saturated rings. The topological polar surface area (TPSA) is 90.6 Å². The van der Waals surface area contributed by atoms with Crippen LogP contribution < -0.4 is 4.74 Å². The molecule has 1 aromatic carbocycles. The van der Waals surface area contributed by atoms with E-state index in [4.69, 9.17) is 10.00 Å². The van der Waals surface area contributed by atoms with Crippen LogP contribution in [0.5, 0.6) is 5.75 Å². The van der Waals surface area contributed by atoms with Gasteiger partial charge in [-0.1, -0.05) is 12.1 Å². The summed E-state index contributed by atoms with van der Waals surface area (Å²) in [5, 5.41) is 18.4. The molecular formula is C16H18N2O4. The van der Waals surface area contributed by atoms with E-state index in [0.29, 0.717) is 30.7 Å². The van der Waals surface area contributed by atoms with Crippen LogP contribution in [0.15, 0.2) is 24.3 Å². The maximum Gasteiger partial charge on any atom is 0.329 e. The van der Waals surface area contributed by atoms with Gasteiger partial charge in [0.05, 0.1) is 5.56 Å². The van der Waals surface area contributed by atoms with E-state index in [1.165, 1.54) is 4.90 Å². The minimum atomic E-state index is -1.19. The molecule has 6 nitrogen and oxygen atoms in total. The monoisotopic (exact) mass is 302 g/mol. The summed E-state index contributed by atoms with van der Waals surface area (Å²) in [6.45, 7) is 3.52. The number of ether oxygens (including phenoxy) is 1. The number of rotatable bonds is 4. The molecule has 1 saturated heterocycles. The van der Waals surface area contributed by atoms with Gasteiger partial charge in [-0.3, -0.25) is 4.79 Å². The fourth-order valence-electron chi connectivity index (χ4n) is 2.66. The van der Waals surface area contributed by atoms with Crippen LogP contribution in [-0.2, 0) is 9.59 Å². The number of nitrogens with zero attached hydrogens (tertiary/aromatic N) is 2. The number of amides is 1. The Kier molecular flexibility index (Phi) is 4.36. The number of likely N-dealkylation sites (tertiary alicyclic amines) is 1. The summed E-state index contributed by atoms with van der Waals surface area (Å²) >= 11 is 0. The smallest absolute Gasteiger partial charge is 0.329 e. The molecule has 1 aromatic rings. The molecule has 2 rings (SSSR count). The van der Waals surface area contributed by atoms with Gasteiger partial charge in [-0.15, -0.1) is 0 Å². The number of nitriles is 1. The molecule has 1 aliphatic heterocycles. The van der Waals surface area contributed by atoms with Gasteiger partial charge in [0.25, 0.3) is 5.91 Å². The van der Waals surface area contributed by atoms with Gasteiger partial charge in [0.2, 0.25) is 0 Å². The van der Waals surface area contributed by atoms with Crippen molar-refractivity contribution in [2.75, 3.05) is 6.54 Å². The SMILES string of the molecule is CC(Oc1ccccc1C#N)C(=O)N1CCCC1(C)C(=O)O. The van der Waals surface area contributed by atoms with Crippen molar-refractivity contribution >= 4 is 11.9 Å². The van der Waals surface area contributed by atoms with Crippen molar-refractivity contribution in [3.63, 3.8) is 0 Å². The lowest BCUT2D eigenvalue weighted by Crippen LogP contribution is -2.54. The normalized spacial score (nSPS) is 22.0. The van der Waals surface area contributed by atoms with Crippen LogP contribution in [0, 0.1) is 11.3 Å². The quantitative estimate of drug-likeness (QED) is 0.915. The lowest BCUT2D eigenvalue weighted by molar-refractivity contribution is -0.157. The second-order valence-corrected chi connectivity index (χ2v) is 5.54. The summed E-state index contributed by atoms with van der Waals surface area (Å²) in [6.07, 6.45) is 0.220. The van der Waals surface area contributed by atoms with Gasteiger partial charge >= 0.3 is 5.97 Å². The number of para-hydroxylation sites is 1. The van der Waals surface area contributed by atoms with Crippen LogP contribution in [0.25, 0.3) is 0 Å². The molecule has 1 heterocycles. The van der Waals surface area contributed by atoms with Gasteiger partial charge in [-0.2, -0.15) is 5.26 Å². The molecule has 22 heavy (non-hydrogen) atoms. The first-order valence-corrected chi connectivity index (χ1v) is 7.11. The summed E-state index contributed by atoms with van der Waals surface area (Å²) in [4.78, 5) is 25.3. The van der Waals surface area contributed by atoms with E-state index in [0.717, 1.165) is 0 Å². The Hall–Kier alpha value is -2.55. The predicted octanol–water partition coefficient (Wildman–Crippen LogP) is 1.79. The van der Waals surface area contributed by atoms with Crippen LogP contribution in [0.4, 0.5) is 0 Å². The van der Waals surface area contributed by atoms with Gasteiger partial charge < -0.3 is 14.7 Å². The lowest BCUT2D eigenvalue weighted by Gasteiger charge is -2.33. The van der Waals surface area contributed by atoms with Crippen molar-refractivity contribution in [2.45, 2.75) is 38.3 Å². The zero-order valence-corrected chi connectivity index (χ0v) is 12.6. The Balaban J connectivity index is 2.16. The average Bonchev–Trinajstić information content (AvgIpc) is 2.90. The molecule has 1 amide bonds. The molecule has 0 bridgehead atoms. The van der Waals surface area contributed by atoms with E-state index in [2.05, 4.69) is 0 Å². The van der Waals surface area contributed by atoms with Crippen LogP contribution >= 0.6 is 0 Å². The second-order valence-electron chi connectivity index (χ2n) is 5.54. The fraction of sp³-hybridized carbons (Fsp3) is 0.438. The number of hydrogen-bond acceptors (Lipinski definition) is 4. The van der Waals surface area contributed by atoms with E-state index in [1.54, 1.807) is 38.1 Å². The molecule has 2 atom stereocenters. The summed E-state index contributed by atoms with van der Waals surface area (Å²) in [6, 6.07) is 8.64. The molecule has 6 heteroatoms. The molecule has 0 spiro atoms. The highest BCUT2D eigenvalue weighted by molar-refractivity contribution is 5.89. The molecule has 2 unspecified atom stereocenters. The number of carboxylic acids is 1. The van der Waals surface area contributed by atoms with Gasteiger partial charge in [0.15, 0.2) is 6.10 Å². The van der Waals surface area contributed by atoms with Crippen molar-refractivity contribution in [1.82, 2.24) is 4.90 Å². The maximum atomic E-state index is 12.5. The number of aliphatic carboxylic acids is 1. The summed E-state index contributed by atoms with van der Waals surface area (Å²) in [5.41, 5.74) is -0.853. The largest absolute Gasteiger partial charge is 0.480 e. The molecule has 0 aliphatic carbocycles. The lowest BCUT2D eigenvalue weighted by atomic mass is 9.99. The van der Waals surface area contributed by atoms with Crippen LogP contribution in [-0.4, -0.2) is 40.1 Å². The number of carbonyl (C=O) groups excluding carboxylic acids is 1. The Morgan fingerprint density at radius 1 is 1.45 bits per heavy atom. The standard InChI is InChI=1S/C16H18N2O4/c1-11(22-13-7-4-3-6-12(13)10-17)14(19)18-9-5-8-16(18,2)15(20)21/h3-4,6-7,11H,5,8-9H2,1-2H3,(H,20,21). The van der Waals surface area contributed by atoms with Gasteiger partial charge in [0, 0.05) is 6.54 Å². The van der Waals surface area contributed by atoms with E-state index in [9.17, 15) is 14.7 Å². The van der Waals surface area contributed by atoms with Gasteiger partial charge in [-0.05, 0) is 38.8 Å². The van der Waals surface area contributed by atoms with Crippen molar-refractivity contribution in [3.05, 3.63) is 29.8 Å². The third-order valence-corrected chi connectivity index (χ3v) is 4.03. The molecule has 116 valence electrons. The van der Waals surface area contributed by atoms with Gasteiger partial charge in [0.1, 0.15) is 17.4 Å². The van der Waals surface area contributed by atoms with Crippen molar-refractivity contribution in [2.24, 2.45) is 0 Å². The molecule has 0 saturated carbocycles. The van der Waals surface area contributed by atoms with Crippen molar-refractivity contribution < 1.29 is 19.4 Å². The highest BCUT2D eigenvalue weighted by Crippen LogP contribution is 2.30.